The summed E-state index contributed by atoms with van der Waals surface area (Å²) >= 11 is 0. The predicted molar refractivity (Wildman–Crippen MR) is 92.7 cm³/mol. The fourth-order valence-electron chi connectivity index (χ4n) is 2.78. The number of morpholine rings is 1. The van der Waals surface area contributed by atoms with Gasteiger partial charge in [0, 0.05) is 39.3 Å². The lowest BCUT2D eigenvalue weighted by Crippen LogP contribution is -2.43. The highest BCUT2D eigenvalue weighted by Crippen LogP contribution is 2.01. The average molecular weight is 319 g/mol. The van der Waals surface area contributed by atoms with Gasteiger partial charge in [-0.2, -0.15) is 0 Å². The van der Waals surface area contributed by atoms with Crippen LogP contribution in [-0.2, 0) is 11.2 Å². The van der Waals surface area contributed by atoms with Crippen LogP contribution in [-0.4, -0.2) is 68.3 Å². The monoisotopic (exact) mass is 319 g/mol. The SMILES string of the molecule is CCN(CCCN1CCOCC1)C(=O)NCCc1ccccc1. The quantitative estimate of drug-likeness (QED) is 0.797. The third-order valence-corrected chi connectivity index (χ3v) is 4.21. The third-order valence-electron chi connectivity index (χ3n) is 4.21. The molecular weight excluding hydrogens is 290 g/mol. The van der Waals surface area contributed by atoms with Gasteiger partial charge in [-0.25, -0.2) is 4.79 Å². The maximum Gasteiger partial charge on any atom is 0.317 e. The van der Waals surface area contributed by atoms with Gasteiger partial charge in [-0.05, 0) is 25.3 Å². The summed E-state index contributed by atoms with van der Waals surface area (Å²) in [6.45, 7) is 9.00. The molecule has 0 unspecified atom stereocenters. The number of hydrogen-bond donors (Lipinski definition) is 1. The lowest BCUT2D eigenvalue weighted by Gasteiger charge is -2.28. The minimum absolute atomic E-state index is 0.0467. The van der Waals surface area contributed by atoms with Crippen molar-refractivity contribution in [1.82, 2.24) is 15.1 Å². The number of urea groups is 1. The first-order valence-corrected chi connectivity index (χ1v) is 8.66. The van der Waals surface area contributed by atoms with Gasteiger partial charge in [0.15, 0.2) is 0 Å². The molecule has 1 saturated heterocycles. The Bertz CT molecular complexity index is 447. The van der Waals surface area contributed by atoms with Crippen molar-refractivity contribution in [3.63, 3.8) is 0 Å². The minimum atomic E-state index is 0.0467. The van der Waals surface area contributed by atoms with Crippen LogP contribution in [0.3, 0.4) is 0 Å². The summed E-state index contributed by atoms with van der Waals surface area (Å²) in [6.07, 6.45) is 1.89. The fourth-order valence-corrected chi connectivity index (χ4v) is 2.78. The van der Waals surface area contributed by atoms with Crippen molar-refractivity contribution in [2.75, 3.05) is 52.5 Å². The predicted octanol–water partition coefficient (Wildman–Crippen LogP) is 1.98. The van der Waals surface area contributed by atoms with Gasteiger partial charge in [0.05, 0.1) is 13.2 Å². The van der Waals surface area contributed by atoms with E-state index in [0.29, 0.717) is 6.54 Å². The molecule has 1 aromatic carbocycles. The van der Waals surface area contributed by atoms with E-state index in [1.54, 1.807) is 0 Å². The van der Waals surface area contributed by atoms with Gasteiger partial charge in [0.25, 0.3) is 0 Å². The molecule has 0 spiro atoms. The van der Waals surface area contributed by atoms with Gasteiger partial charge >= 0.3 is 6.03 Å². The normalized spacial score (nSPS) is 15.3. The Kier molecular flexibility index (Phi) is 7.90. The molecule has 5 heteroatoms. The Hall–Kier alpha value is -1.59. The van der Waals surface area contributed by atoms with Crippen molar-refractivity contribution in [2.45, 2.75) is 19.8 Å². The lowest BCUT2D eigenvalue weighted by atomic mass is 10.1. The van der Waals surface area contributed by atoms with Gasteiger partial charge in [0.1, 0.15) is 0 Å². The summed E-state index contributed by atoms with van der Waals surface area (Å²) in [6, 6.07) is 10.3. The van der Waals surface area contributed by atoms with Crippen LogP contribution in [0.15, 0.2) is 30.3 Å². The Morgan fingerprint density at radius 3 is 2.70 bits per heavy atom. The molecule has 0 bridgehead atoms. The summed E-state index contributed by atoms with van der Waals surface area (Å²) in [4.78, 5) is 16.5. The van der Waals surface area contributed by atoms with Crippen LogP contribution in [0, 0.1) is 0 Å². The smallest absolute Gasteiger partial charge is 0.317 e. The van der Waals surface area contributed by atoms with Gasteiger partial charge in [-0.15, -0.1) is 0 Å². The molecule has 1 aromatic rings. The van der Waals surface area contributed by atoms with Crippen LogP contribution >= 0.6 is 0 Å². The Labute approximate surface area is 139 Å². The number of hydrogen-bond acceptors (Lipinski definition) is 3. The number of carbonyl (C=O) groups is 1. The Morgan fingerprint density at radius 2 is 2.00 bits per heavy atom. The van der Waals surface area contributed by atoms with E-state index in [9.17, 15) is 4.79 Å². The summed E-state index contributed by atoms with van der Waals surface area (Å²) in [5.41, 5.74) is 1.25. The maximum atomic E-state index is 12.2. The van der Waals surface area contributed by atoms with Crippen LogP contribution in [0.2, 0.25) is 0 Å². The molecule has 23 heavy (non-hydrogen) atoms. The van der Waals surface area contributed by atoms with Crippen molar-refractivity contribution in [2.24, 2.45) is 0 Å². The van der Waals surface area contributed by atoms with Crippen molar-refractivity contribution in [1.29, 1.82) is 0 Å². The second-order valence-corrected chi connectivity index (χ2v) is 5.85. The summed E-state index contributed by atoms with van der Waals surface area (Å²) in [5.74, 6) is 0. The molecular formula is C18H29N3O2. The number of rotatable bonds is 8. The topological polar surface area (TPSA) is 44.8 Å². The van der Waals surface area contributed by atoms with E-state index < -0.39 is 0 Å². The standard InChI is InChI=1S/C18H29N3O2/c1-2-21(12-6-11-20-13-15-23-16-14-20)18(22)19-10-9-17-7-4-3-5-8-17/h3-5,7-8H,2,6,9-16H2,1H3,(H,19,22). The van der Waals surface area contributed by atoms with Crippen LogP contribution in [0.4, 0.5) is 4.79 Å². The molecule has 2 rings (SSSR count). The van der Waals surface area contributed by atoms with Crippen molar-refractivity contribution >= 4 is 6.03 Å². The highest BCUT2D eigenvalue weighted by Gasteiger charge is 2.13. The molecule has 0 radical (unpaired) electrons. The Morgan fingerprint density at radius 1 is 1.26 bits per heavy atom. The maximum absolute atomic E-state index is 12.2. The van der Waals surface area contributed by atoms with E-state index in [2.05, 4.69) is 22.3 Å². The van der Waals surface area contributed by atoms with Crippen LogP contribution in [0.25, 0.3) is 0 Å². The minimum Gasteiger partial charge on any atom is -0.379 e. The zero-order valence-corrected chi connectivity index (χ0v) is 14.2. The largest absolute Gasteiger partial charge is 0.379 e. The van der Waals surface area contributed by atoms with Gasteiger partial charge in [0.2, 0.25) is 0 Å². The lowest BCUT2D eigenvalue weighted by molar-refractivity contribution is 0.0365. The van der Waals surface area contributed by atoms with Crippen molar-refractivity contribution in [3.8, 4) is 0 Å². The van der Waals surface area contributed by atoms with Gasteiger partial charge < -0.3 is 15.0 Å². The van der Waals surface area contributed by atoms with E-state index in [0.717, 1.165) is 58.8 Å². The first kappa shape index (κ1) is 17.8. The van der Waals surface area contributed by atoms with Gasteiger partial charge in [-0.3, -0.25) is 4.90 Å². The van der Waals surface area contributed by atoms with E-state index in [1.807, 2.05) is 30.0 Å². The second kappa shape index (κ2) is 10.2. The zero-order valence-electron chi connectivity index (χ0n) is 14.2. The van der Waals surface area contributed by atoms with Crippen LogP contribution in [0.1, 0.15) is 18.9 Å². The van der Waals surface area contributed by atoms with Crippen LogP contribution < -0.4 is 5.32 Å². The van der Waals surface area contributed by atoms with E-state index in [-0.39, 0.29) is 6.03 Å². The zero-order chi connectivity index (χ0) is 16.3. The molecule has 2 amide bonds. The molecule has 0 atom stereocenters. The molecule has 0 aromatic heterocycles. The molecule has 1 N–H and O–H groups in total. The molecule has 1 aliphatic heterocycles. The number of carbonyl (C=O) groups excluding carboxylic acids is 1. The highest BCUT2D eigenvalue weighted by atomic mass is 16.5. The first-order valence-electron chi connectivity index (χ1n) is 8.66. The van der Waals surface area contributed by atoms with E-state index in [1.165, 1.54) is 5.56 Å². The third kappa shape index (κ3) is 6.59. The van der Waals surface area contributed by atoms with Crippen LogP contribution in [0.5, 0.6) is 0 Å². The van der Waals surface area contributed by atoms with E-state index >= 15 is 0 Å². The molecule has 5 nitrogen and oxygen atoms in total. The summed E-state index contributed by atoms with van der Waals surface area (Å²) in [5, 5.41) is 3.02. The number of nitrogens with zero attached hydrogens (tertiary/aromatic N) is 2. The molecule has 1 fully saturated rings. The average Bonchev–Trinajstić information content (AvgIpc) is 2.60. The molecule has 128 valence electrons. The molecule has 1 aliphatic rings. The van der Waals surface area contributed by atoms with E-state index in [4.69, 9.17) is 4.74 Å². The Balaban J connectivity index is 1.62. The molecule has 0 saturated carbocycles. The van der Waals surface area contributed by atoms with Crippen molar-refractivity contribution in [3.05, 3.63) is 35.9 Å². The summed E-state index contributed by atoms with van der Waals surface area (Å²) in [7, 11) is 0. The summed E-state index contributed by atoms with van der Waals surface area (Å²) < 4.78 is 5.35. The first-order chi connectivity index (χ1) is 11.3. The second-order valence-electron chi connectivity index (χ2n) is 5.85. The fraction of sp³-hybridized carbons (Fsp3) is 0.611. The van der Waals surface area contributed by atoms with Crippen molar-refractivity contribution < 1.29 is 9.53 Å². The van der Waals surface area contributed by atoms with Gasteiger partial charge in [-0.1, -0.05) is 30.3 Å². The number of ether oxygens (including phenoxy) is 1. The number of nitrogens with one attached hydrogen (secondary N) is 1. The molecule has 1 heterocycles. The highest BCUT2D eigenvalue weighted by molar-refractivity contribution is 5.74. The number of amides is 2. The molecule has 0 aliphatic carbocycles. The number of benzene rings is 1.